The van der Waals surface area contributed by atoms with Crippen molar-refractivity contribution in [2.75, 3.05) is 37.7 Å². The molecule has 14 heteroatoms. The van der Waals surface area contributed by atoms with Gasteiger partial charge >= 0.3 is 12.2 Å². The summed E-state index contributed by atoms with van der Waals surface area (Å²) in [6, 6.07) is 4.05. The molecule has 3 unspecified atom stereocenters. The maximum atomic E-state index is 15.2. The molecule has 4 saturated heterocycles. The Balaban J connectivity index is 1.33. The van der Waals surface area contributed by atoms with E-state index in [2.05, 4.69) is 20.3 Å². The quantitative estimate of drug-likeness (QED) is 0.266. The normalized spacial score (nSPS) is 26.4. The molecule has 2 aromatic carbocycles. The van der Waals surface area contributed by atoms with Crippen LogP contribution < -0.4 is 15.0 Å². The fraction of sp³-hybridized carbons (Fsp3) is 0.469. The zero-order valence-corrected chi connectivity index (χ0v) is 24.5. The first-order valence-corrected chi connectivity index (χ1v) is 15.4. The van der Waals surface area contributed by atoms with Gasteiger partial charge in [-0.1, -0.05) is 6.07 Å². The van der Waals surface area contributed by atoms with E-state index in [-0.39, 0.29) is 54.3 Å². The lowest BCUT2D eigenvalue weighted by molar-refractivity contribution is -0.136. The Morgan fingerprint density at radius 3 is 2.61 bits per heavy atom. The van der Waals surface area contributed by atoms with Crippen molar-refractivity contribution < 1.29 is 36.2 Å². The van der Waals surface area contributed by atoms with Crippen LogP contribution in [-0.2, 0) is 6.18 Å². The van der Waals surface area contributed by atoms with Gasteiger partial charge in [0.25, 0.3) is 0 Å². The lowest BCUT2D eigenvalue weighted by Gasteiger charge is -2.35. The topological polar surface area (TPSA) is 86.6 Å². The first-order chi connectivity index (χ1) is 22.0. The molecule has 0 spiro atoms. The van der Waals surface area contributed by atoms with Crippen LogP contribution in [0.5, 0.6) is 11.8 Å². The summed E-state index contributed by atoms with van der Waals surface area (Å²) in [7, 11) is 0. The average Bonchev–Trinajstić information content (AvgIpc) is 3.66. The van der Waals surface area contributed by atoms with Gasteiger partial charge in [0.1, 0.15) is 29.9 Å². The van der Waals surface area contributed by atoms with E-state index in [1.807, 2.05) is 9.80 Å². The Morgan fingerprint density at radius 1 is 1.07 bits per heavy atom. The molecule has 4 fully saturated rings. The second kappa shape index (κ2) is 10.6. The van der Waals surface area contributed by atoms with E-state index >= 15 is 17.6 Å². The predicted molar refractivity (Wildman–Crippen MR) is 158 cm³/mol. The molecule has 0 aliphatic carbocycles. The molecule has 4 atom stereocenters. The van der Waals surface area contributed by atoms with E-state index in [0.717, 1.165) is 37.5 Å². The number of piperazine rings is 1. The second-order valence-corrected chi connectivity index (χ2v) is 12.9. The van der Waals surface area contributed by atoms with Gasteiger partial charge in [0.15, 0.2) is 11.6 Å². The van der Waals surface area contributed by atoms with Crippen molar-refractivity contribution in [3.05, 3.63) is 47.7 Å². The molecule has 4 aliphatic heterocycles. The predicted octanol–water partition coefficient (Wildman–Crippen LogP) is 5.74. The largest absolute Gasteiger partial charge is 0.508 e. The monoisotopic (exact) mass is 644 g/mol. The number of phenolic OH excluding ortho intramolecular Hbond substituents is 1. The maximum absolute atomic E-state index is 15.2. The maximum Gasteiger partial charge on any atom is 0.420 e. The van der Waals surface area contributed by atoms with Gasteiger partial charge in [-0.25, -0.2) is 13.2 Å². The van der Waals surface area contributed by atoms with Crippen LogP contribution in [0.15, 0.2) is 30.5 Å². The molecule has 2 bridgehead atoms. The van der Waals surface area contributed by atoms with Crippen LogP contribution >= 0.6 is 0 Å². The van der Waals surface area contributed by atoms with Gasteiger partial charge in [-0.3, -0.25) is 9.88 Å². The third-order valence-corrected chi connectivity index (χ3v) is 9.98. The molecule has 46 heavy (non-hydrogen) atoms. The minimum atomic E-state index is -5.07. The highest BCUT2D eigenvalue weighted by atomic mass is 19.4. The minimum absolute atomic E-state index is 0.00397. The first-order valence-electron chi connectivity index (χ1n) is 15.4. The molecule has 2 N–H and O–H groups in total. The summed E-state index contributed by atoms with van der Waals surface area (Å²) < 4.78 is 95.7. The van der Waals surface area contributed by atoms with Crippen molar-refractivity contribution >= 4 is 27.5 Å². The van der Waals surface area contributed by atoms with Crippen molar-refractivity contribution in [1.82, 2.24) is 25.2 Å². The molecule has 8 rings (SSSR count). The van der Waals surface area contributed by atoms with E-state index in [0.29, 0.717) is 26.1 Å². The Labute approximate surface area is 259 Å². The molecule has 6 heterocycles. The van der Waals surface area contributed by atoms with Crippen LogP contribution in [0.3, 0.4) is 0 Å². The number of ether oxygens (including phenoxy) is 1. The van der Waals surface area contributed by atoms with Gasteiger partial charge < -0.3 is 20.1 Å². The zero-order valence-electron chi connectivity index (χ0n) is 24.5. The molecule has 0 saturated carbocycles. The van der Waals surface area contributed by atoms with Gasteiger partial charge in [-0.2, -0.15) is 23.1 Å². The SMILES string of the molecule is Oc1cc(-c2ncc3c(N4CC5CCC(C4)N5)nc(OC[C@@]45CCCN4CC(F)C5)nc3c2C(F)(F)F)c2c(F)c(F)ccc2c1. The molecule has 242 valence electrons. The molecular formula is C32H30F6N6O2. The number of aromatic nitrogens is 3. The fourth-order valence-corrected chi connectivity index (χ4v) is 8.02. The summed E-state index contributed by atoms with van der Waals surface area (Å²) in [6.07, 6.45) is -1.27. The highest BCUT2D eigenvalue weighted by Crippen LogP contribution is 2.46. The van der Waals surface area contributed by atoms with Crippen LogP contribution in [0.4, 0.5) is 32.2 Å². The number of alkyl halides is 4. The number of fused-ring (bicyclic) bond motifs is 5. The van der Waals surface area contributed by atoms with Gasteiger partial charge in [-0.15, -0.1) is 0 Å². The van der Waals surface area contributed by atoms with Crippen molar-refractivity contribution in [2.45, 2.75) is 62.1 Å². The number of pyridine rings is 1. The molecule has 4 aromatic rings. The summed E-state index contributed by atoms with van der Waals surface area (Å²) in [6.45, 7) is 1.98. The standard InChI is InChI=1S/C32H30F6N6O2/c33-17-10-31(6-1-7-44(31)12-17)15-46-30-41-28-22(29(42-30)43-13-18-3-4-19(14-43)40-18)11-39-27(25(28)32(36,37)38)21-9-20(45)8-16-2-5-23(34)26(35)24(16)21/h2,5,8-9,11,17-19,40,45H,1,3-4,6-7,10,12-15H2/t17?,18?,19?,31-/m0/s1. The number of rotatable bonds is 5. The molecule has 0 radical (unpaired) electrons. The van der Waals surface area contributed by atoms with Crippen molar-refractivity contribution in [1.29, 1.82) is 0 Å². The number of hydrogen-bond donors (Lipinski definition) is 2. The minimum Gasteiger partial charge on any atom is -0.508 e. The number of benzene rings is 2. The highest BCUT2D eigenvalue weighted by molar-refractivity contribution is 6.02. The molecule has 2 aromatic heterocycles. The van der Waals surface area contributed by atoms with Crippen molar-refractivity contribution in [3.63, 3.8) is 0 Å². The summed E-state index contributed by atoms with van der Waals surface area (Å²) in [5.74, 6) is -2.86. The van der Waals surface area contributed by atoms with E-state index < -0.39 is 63.0 Å². The summed E-state index contributed by atoms with van der Waals surface area (Å²) >= 11 is 0. The van der Waals surface area contributed by atoms with Crippen molar-refractivity contribution in [3.8, 4) is 23.0 Å². The second-order valence-electron chi connectivity index (χ2n) is 12.9. The molecule has 4 aliphatic rings. The first kappa shape index (κ1) is 29.5. The van der Waals surface area contributed by atoms with Gasteiger partial charge in [0.05, 0.1) is 22.1 Å². The van der Waals surface area contributed by atoms with Crippen LogP contribution in [0.1, 0.15) is 37.7 Å². The number of phenols is 1. The number of anilines is 1. The van der Waals surface area contributed by atoms with Gasteiger partial charge in [0.2, 0.25) is 0 Å². The smallest absolute Gasteiger partial charge is 0.420 e. The van der Waals surface area contributed by atoms with Crippen LogP contribution in [0, 0.1) is 11.6 Å². The lowest BCUT2D eigenvalue weighted by atomic mass is 9.95. The Morgan fingerprint density at radius 2 is 1.85 bits per heavy atom. The van der Waals surface area contributed by atoms with Crippen LogP contribution in [0.2, 0.25) is 0 Å². The number of hydrogen-bond acceptors (Lipinski definition) is 8. The Bertz CT molecular complexity index is 1860. The van der Waals surface area contributed by atoms with E-state index in [4.69, 9.17) is 4.74 Å². The van der Waals surface area contributed by atoms with Crippen LogP contribution in [-0.4, -0.2) is 81.5 Å². The third kappa shape index (κ3) is 4.79. The summed E-state index contributed by atoms with van der Waals surface area (Å²) in [5.41, 5.74) is -3.57. The average molecular weight is 645 g/mol. The number of nitrogens with zero attached hydrogens (tertiary/aromatic N) is 5. The zero-order chi connectivity index (χ0) is 32.0. The molecular weight excluding hydrogens is 614 g/mol. The molecule has 0 amide bonds. The molecule has 8 nitrogen and oxygen atoms in total. The third-order valence-electron chi connectivity index (χ3n) is 9.98. The summed E-state index contributed by atoms with van der Waals surface area (Å²) in [4.78, 5) is 17.0. The summed E-state index contributed by atoms with van der Waals surface area (Å²) in [5, 5.41) is 13.5. The number of halogens is 6. The van der Waals surface area contributed by atoms with E-state index in [1.165, 1.54) is 12.3 Å². The van der Waals surface area contributed by atoms with E-state index in [9.17, 15) is 13.9 Å². The fourth-order valence-electron chi connectivity index (χ4n) is 8.02. The Hall–Kier alpha value is -3.91. The Kier molecular flexibility index (Phi) is 6.77. The van der Waals surface area contributed by atoms with Crippen molar-refractivity contribution in [2.24, 2.45) is 0 Å². The van der Waals surface area contributed by atoms with Gasteiger partial charge in [-0.05, 0) is 55.8 Å². The number of nitrogens with one attached hydrogen (secondary N) is 1. The highest BCUT2D eigenvalue weighted by Gasteiger charge is 2.49. The van der Waals surface area contributed by atoms with Gasteiger partial charge in [0, 0.05) is 55.3 Å². The number of aromatic hydroxyl groups is 1. The lowest BCUT2D eigenvalue weighted by Crippen LogP contribution is -2.51. The van der Waals surface area contributed by atoms with E-state index in [1.54, 1.807) is 0 Å². The van der Waals surface area contributed by atoms with Crippen LogP contribution in [0.25, 0.3) is 32.9 Å².